The number of aryl methyl sites for hydroxylation is 2. The highest BCUT2D eigenvalue weighted by Crippen LogP contribution is 2.26. The van der Waals surface area contributed by atoms with Crippen molar-refractivity contribution in [2.24, 2.45) is 5.73 Å². The SMILES string of the molecule is Cc1cc(C)cc(COc2ccc(N(CCN)C(=O)c3ccc(Cl)cc3Cl)cc2)c1. The number of halogens is 2. The van der Waals surface area contributed by atoms with Gasteiger partial charge in [0.25, 0.3) is 5.91 Å². The van der Waals surface area contributed by atoms with E-state index in [1.165, 1.54) is 11.1 Å². The zero-order valence-electron chi connectivity index (χ0n) is 17.0. The van der Waals surface area contributed by atoms with Crippen LogP contribution in [-0.4, -0.2) is 19.0 Å². The van der Waals surface area contributed by atoms with Crippen LogP contribution in [0.1, 0.15) is 27.0 Å². The maximum Gasteiger partial charge on any atom is 0.259 e. The van der Waals surface area contributed by atoms with Crippen LogP contribution in [0.15, 0.2) is 60.7 Å². The van der Waals surface area contributed by atoms with Gasteiger partial charge in [0.05, 0.1) is 10.6 Å². The third kappa shape index (κ3) is 5.54. The highest BCUT2D eigenvalue weighted by atomic mass is 35.5. The molecule has 0 aliphatic rings. The van der Waals surface area contributed by atoms with E-state index in [1.54, 1.807) is 23.1 Å². The summed E-state index contributed by atoms with van der Waals surface area (Å²) in [4.78, 5) is 14.6. The molecule has 156 valence electrons. The molecule has 0 atom stereocenters. The van der Waals surface area contributed by atoms with Crippen molar-refractivity contribution in [2.45, 2.75) is 20.5 Å². The number of nitrogens with zero attached hydrogens (tertiary/aromatic N) is 1. The molecule has 3 rings (SSSR count). The summed E-state index contributed by atoms with van der Waals surface area (Å²) < 4.78 is 5.91. The molecule has 6 heteroatoms. The van der Waals surface area contributed by atoms with Crippen LogP contribution in [0.4, 0.5) is 5.69 Å². The second-order valence-corrected chi connectivity index (χ2v) is 7.99. The Morgan fingerprint density at radius 2 is 1.63 bits per heavy atom. The topological polar surface area (TPSA) is 55.6 Å². The van der Waals surface area contributed by atoms with Gasteiger partial charge in [-0.1, -0.05) is 52.5 Å². The van der Waals surface area contributed by atoms with Gasteiger partial charge in [-0.25, -0.2) is 0 Å². The van der Waals surface area contributed by atoms with Crippen molar-refractivity contribution in [2.75, 3.05) is 18.0 Å². The maximum absolute atomic E-state index is 13.0. The van der Waals surface area contributed by atoms with E-state index >= 15 is 0 Å². The summed E-state index contributed by atoms with van der Waals surface area (Å²) in [6.45, 7) is 5.30. The number of hydrogen-bond acceptors (Lipinski definition) is 3. The molecule has 0 saturated heterocycles. The van der Waals surface area contributed by atoms with Gasteiger partial charge in [0, 0.05) is 23.8 Å². The molecule has 0 bridgehead atoms. The zero-order chi connectivity index (χ0) is 21.7. The predicted octanol–water partition coefficient (Wildman–Crippen LogP) is 5.79. The Bertz CT molecular complexity index is 1020. The molecule has 0 aliphatic heterocycles. The van der Waals surface area contributed by atoms with E-state index in [0.717, 1.165) is 17.0 Å². The first-order valence-corrected chi connectivity index (χ1v) is 10.4. The molecule has 0 spiro atoms. The summed E-state index contributed by atoms with van der Waals surface area (Å²) in [6.07, 6.45) is 0. The Kier molecular flexibility index (Phi) is 7.38. The van der Waals surface area contributed by atoms with E-state index in [9.17, 15) is 4.79 Å². The standard InChI is InChI=1S/C24H24Cl2N2O2/c1-16-11-17(2)13-18(12-16)15-30-21-6-4-20(5-7-21)28(10-9-27)24(29)22-8-3-19(25)14-23(22)26/h3-8,11-14H,9-10,15,27H2,1-2H3. The van der Waals surface area contributed by atoms with Gasteiger partial charge < -0.3 is 15.4 Å². The van der Waals surface area contributed by atoms with Crippen molar-refractivity contribution in [3.63, 3.8) is 0 Å². The lowest BCUT2D eigenvalue weighted by Gasteiger charge is -2.23. The summed E-state index contributed by atoms with van der Waals surface area (Å²) in [7, 11) is 0. The first-order chi connectivity index (χ1) is 14.4. The fourth-order valence-corrected chi connectivity index (χ4v) is 3.82. The van der Waals surface area contributed by atoms with Crippen LogP contribution >= 0.6 is 23.2 Å². The minimum atomic E-state index is -0.231. The summed E-state index contributed by atoms with van der Waals surface area (Å²) in [5.41, 5.74) is 10.4. The summed E-state index contributed by atoms with van der Waals surface area (Å²) >= 11 is 12.2. The zero-order valence-corrected chi connectivity index (χ0v) is 18.5. The monoisotopic (exact) mass is 442 g/mol. The van der Waals surface area contributed by atoms with Gasteiger partial charge in [0.1, 0.15) is 12.4 Å². The molecule has 2 N–H and O–H groups in total. The highest BCUT2D eigenvalue weighted by molar-refractivity contribution is 6.37. The smallest absolute Gasteiger partial charge is 0.259 e. The Morgan fingerprint density at radius 1 is 0.967 bits per heavy atom. The molecule has 0 radical (unpaired) electrons. The molecule has 0 fully saturated rings. The van der Waals surface area contributed by atoms with E-state index in [4.69, 9.17) is 33.7 Å². The van der Waals surface area contributed by atoms with Crippen molar-refractivity contribution < 1.29 is 9.53 Å². The van der Waals surface area contributed by atoms with Gasteiger partial charge in [-0.2, -0.15) is 0 Å². The molecule has 3 aromatic rings. The predicted molar refractivity (Wildman–Crippen MR) is 124 cm³/mol. The Labute approximate surface area is 187 Å². The molecule has 4 nitrogen and oxygen atoms in total. The largest absolute Gasteiger partial charge is 0.489 e. The van der Waals surface area contributed by atoms with Gasteiger partial charge in [-0.15, -0.1) is 0 Å². The molecule has 0 saturated carbocycles. The number of benzene rings is 3. The van der Waals surface area contributed by atoms with Crippen LogP contribution in [-0.2, 0) is 6.61 Å². The van der Waals surface area contributed by atoms with Crippen LogP contribution in [0.25, 0.3) is 0 Å². The molecule has 0 aliphatic carbocycles. The minimum absolute atomic E-state index is 0.231. The number of anilines is 1. The van der Waals surface area contributed by atoms with Gasteiger partial charge in [0.2, 0.25) is 0 Å². The van der Waals surface area contributed by atoms with Crippen LogP contribution < -0.4 is 15.4 Å². The van der Waals surface area contributed by atoms with Crippen molar-refractivity contribution in [3.8, 4) is 5.75 Å². The number of ether oxygens (including phenoxy) is 1. The first kappa shape index (κ1) is 22.2. The van der Waals surface area contributed by atoms with Gasteiger partial charge in [-0.05, 0) is 61.9 Å². The average molecular weight is 443 g/mol. The van der Waals surface area contributed by atoms with E-state index < -0.39 is 0 Å². The van der Waals surface area contributed by atoms with Crippen LogP contribution in [0.2, 0.25) is 10.0 Å². The normalized spacial score (nSPS) is 10.7. The third-order valence-corrected chi connectivity index (χ3v) is 5.14. The summed E-state index contributed by atoms with van der Waals surface area (Å²) in [5.74, 6) is 0.494. The number of amides is 1. The van der Waals surface area contributed by atoms with Gasteiger partial charge in [0.15, 0.2) is 0 Å². The van der Waals surface area contributed by atoms with Crippen LogP contribution in [0.5, 0.6) is 5.75 Å². The lowest BCUT2D eigenvalue weighted by molar-refractivity contribution is 0.0987. The lowest BCUT2D eigenvalue weighted by Crippen LogP contribution is -2.35. The second kappa shape index (κ2) is 9.98. The third-order valence-electron chi connectivity index (χ3n) is 4.59. The summed E-state index contributed by atoms with van der Waals surface area (Å²) in [5, 5.41) is 0.787. The van der Waals surface area contributed by atoms with E-state index in [-0.39, 0.29) is 5.91 Å². The maximum atomic E-state index is 13.0. The fourth-order valence-electron chi connectivity index (χ4n) is 3.33. The minimum Gasteiger partial charge on any atom is -0.489 e. The fraction of sp³-hybridized carbons (Fsp3) is 0.208. The van der Waals surface area contributed by atoms with Gasteiger partial charge in [-0.3, -0.25) is 4.79 Å². The lowest BCUT2D eigenvalue weighted by atomic mass is 10.1. The van der Waals surface area contributed by atoms with Gasteiger partial charge >= 0.3 is 0 Å². The first-order valence-electron chi connectivity index (χ1n) is 9.64. The molecule has 0 heterocycles. The van der Waals surface area contributed by atoms with E-state index in [0.29, 0.717) is 35.3 Å². The highest BCUT2D eigenvalue weighted by Gasteiger charge is 2.20. The molecule has 3 aromatic carbocycles. The number of hydrogen-bond donors (Lipinski definition) is 1. The van der Waals surface area contributed by atoms with Crippen LogP contribution in [0.3, 0.4) is 0 Å². The van der Waals surface area contributed by atoms with Crippen molar-refractivity contribution in [1.29, 1.82) is 0 Å². The molecule has 0 aromatic heterocycles. The molecule has 1 amide bonds. The Balaban J connectivity index is 1.75. The molecular weight excluding hydrogens is 419 g/mol. The number of rotatable bonds is 7. The molecule has 30 heavy (non-hydrogen) atoms. The van der Waals surface area contributed by atoms with Crippen molar-refractivity contribution in [3.05, 3.63) is 93.0 Å². The van der Waals surface area contributed by atoms with Crippen LogP contribution in [0, 0.1) is 13.8 Å². The number of carbonyl (C=O) groups excluding carboxylic acids is 1. The Morgan fingerprint density at radius 3 is 2.23 bits per heavy atom. The quantitative estimate of drug-likeness (QED) is 0.503. The molecular formula is C24H24Cl2N2O2. The van der Waals surface area contributed by atoms with Crippen molar-refractivity contribution >= 4 is 34.8 Å². The summed E-state index contributed by atoms with van der Waals surface area (Å²) in [6, 6.07) is 18.6. The van der Waals surface area contributed by atoms with E-state index in [2.05, 4.69) is 32.0 Å². The van der Waals surface area contributed by atoms with Crippen molar-refractivity contribution in [1.82, 2.24) is 0 Å². The second-order valence-electron chi connectivity index (χ2n) is 7.15. The number of nitrogens with two attached hydrogens (primary N) is 1. The van der Waals surface area contributed by atoms with E-state index in [1.807, 2.05) is 24.3 Å². The Hall–Kier alpha value is -2.53. The number of carbonyl (C=O) groups is 1. The molecule has 0 unspecified atom stereocenters. The average Bonchev–Trinajstić information content (AvgIpc) is 2.70.